The third-order valence-electron chi connectivity index (χ3n) is 4.00. The van der Waals surface area contributed by atoms with Crippen molar-refractivity contribution in [1.29, 1.82) is 0 Å². The molecule has 5 heteroatoms. The van der Waals surface area contributed by atoms with E-state index in [1.54, 1.807) is 26.4 Å². The quantitative estimate of drug-likeness (QED) is 0.790. The second-order valence-corrected chi connectivity index (χ2v) is 5.73. The SMILES string of the molecule is C=C(C)C[C@H](c1c(OC)cc(O)cc1OC)N1CCNCC1. The number of aromatic hydroxyl groups is 1. The van der Waals surface area contributed by atoms with Crippen LogP contribution < -0.4 is 14.8 Å². The number of benzene rings is 1. The second-order valence-electron chi connectivity index (χ2n) is 5.73. The van der Waals surface area contributed by atoms with Gasteiger partial charge >= 0.3 is 0 Å². The van der Waals surface area contributed by atoms with Gasteiger partial charge in [-0.25, -0.2) is 0 Å². The lowest BCUT2D eigenvalue weighted by atomic mass is 9.95. The summed E-state index contributed by atoms with van der Waals surface area (Å²) in [7, 11) is 3.24. The van der Waals surface area contributed by atoms with E-state index in [1.807, 2.05) is 6.92 Å². The number of phenols is 1. The van der Waals surface area contributed by atoms with Crippen LogP contribution >= 0.6 is 0 Å². The molecule has 1 fully saturated rings. The molecule has 0 aliphatic carbocycles. The summed E-state index contributed by atoms with van der Waals surface area (Å²) in [4.78, 5) is 2.42. The van der Waals surface area contributed by atoms with Crippen LogP contribution in [-0.2, 0) is 0 Å². The van der Waals surface area contributed by atoms with Gasteiger partial charge in [-0.1, -0.05) is 5.57 Å². The average molecular weight is 306 g/mol. The van der Waals surface area contributed by atoms with E-state index in [4.69, 9.17) is 9.47 Å². The molecule has 1 aromatic rings. The molecule has 5 nitrogen and oxygen atoms in total. The van der Waals surface area contributed by atoms with E-state index in [1.165, 1.54) is 0 Å². The van der Waals surface area contributed by atoms with Crippen LogP contribution in [-0.4, -0.2) is 50.4 Å². The molecule has 2 rings (SSSR count). The Morgan fingerprint density at radius 1 is 1.27 bits per heavy atom. The molecule has 1 aliphatic heterocycles. The highest BCUT2D eigenvalue weighted by Crippen LogP contribution is 2.42. The number of ether oxygens (including phenoxy) is 2. The fraction of sp³-hybridized carbons (Fsp3) is 0.529. The number of phenolic OH excluding ortho intramolecular Hbond substituents is 1. The molecule has 0 amide bonds. The summed E-state index contributed by atoms with van der Waals surface area (Å²) in [5.74, 6) is 1.45. The Kier molecular flexibility index (Phi) is 5.69. The minimum absolute atomic E-state index is 0.130. The smallest absolute Gasteiger partial charge is 0.131 e. The molecule has 0 radical (unpaired) electrons. The zero-order valence-corrected chi connectivity index (χ0v) is 13.7. The molecule has 0 unspecified atom stereocenters. The number of rotatable bonds is 6. The minimum Gasteiger partial charge on any atom is -0.508 e. The number of piperazine rings is 1. The zero-order chi connectivity index (χ0) is 16.1. The summed E-state index contributed by atoms with van der Waals surface area (Å²) in [5.41, 5.74) is 2.09. The molecule has 1 saturated heterocycles. The lowest BCUT2D eigenvalue weighted by Gasteiger charge is -2.36. The molecule has 1 aromatic carbocycles. The van der Waals surface area contributed by atoms with E-state index in [2.05, 4.69) is 16.8 Å². The van der Waals surface area contributed by atoms with Crippen molar-refractivity contribution in [3.63, 3.8) is 0 Å². The zero-order valence-electron chi connectivity index (χ0n) is 13.7. The molecule has 22 heavy (non-hydrogen) atoms. The van der Waals surface area contributed by atoms with Crippen molar-refractivity contribution in [2.45, 2.75) is 19.4 Å². The molecule has 2 N–H and O–H groups in total. The predicted molar refractivity (Wildman–Crippen MR) is 87.8 cm³/mol. The summed E-state index contributed by atoms with van der Waals surface area (Å²) >= 11 is 0. The first-order valence-corrected chi connectivity index (χ1v) is 7.60. The number of hydrogen-bond donors (Lipinski definition) is 2. The third-order valence-corrected chi connectivity index (χ3v) is 4.00. The van der Waals surface area contributed by atoms with Gasteiger partial charge in [0.05, 0.1) is 19.8 Å². The summed E-state index contributed by atoms with van der Waals surface area (Å²) in [6.07, 6.45) is 0.831. The summed E-state index contributed by atoms with van der Waals surface area (Å²) in [6, 6.07) is 3.42. The van der Waals surface area contributed by atoms with Crippen molar-refractivity contribution in [1.82, 2.24) is 10.2 Å². The van der Waals surface area contributed by atoms with E-state index >= 15 is 0 Å². The summed E-state index contributed by atoms with van der Waals surface area (Å²) in [5, 5.41) is 13.2. The van der Waals surface area contributed by atoms with Gasteiger partial charge in [0, 0.05) is 44.4 Å². The lowest BCUT2D eigenvalue weighted by molar-refractivity contribution is 0.166. The van der Waals surface area contributed by atoms with Crippen LogP contribution in [0.5, 0.6) is 17.2 Å². The van der Waals surface area contributed by atoms with Gasteiger partial charge in [-0.3, -0.25) is 4.90 Å². The number of nitrogens with one attached hydrogen (secondary N) is 1. The van der Waals surface area contributed by atoms with Crippen LogP contribution in [0.25, 0.3) is 0 Å². The first kappa shape index (κ1) is 16.6. The van der Waals surface area contributed by atoms with E-state index in [0.717, 1.165) is 43.7 Å². The van der Waals surface area contributed by atoms with Crippen molar-refractivity contribution in [2.24, 2.45) is 0 Å². The van der Waals surface area contributed by atoms with Crippen molar-refractivity contribution >= 4 is 0 Å². The van der Waals surface area contributed by atoms with Crippen molar-refractivity contribution in [2.75, 3.05) is 40.4 Å². The Balaban J connectivity index is 2.47. The highest BCUT2D eigenvalue weighted by Gasteiger charge is 2.28. The molecule has 0 bridgehead atoms. The number of methoxy groups -OCH3 is 2. The van der Waals surface area contributed by atoms with Crippen LogP contribution in [0.2, 0.25) is 0 Å². The normalized spacial score (nSPS) is 17.0. The molecule has 1 aliphatic rings. The van der Waals surface area contributed by atoms with Gasteiger partial charge in [0.15, 0.2) is 0 Å². The van der Waals surface area contributed by atoms with E-state index < -0.39 is 0 Å². The Morgan fingerprint density at radius 3 is 2.27 bits per heavy atom. The third kappa shape index (κ3) is 3.72. The standard InChI is InChI=1S/C17H26N2O3/c1-12(2)9-14(19-7-5-18-6-8-19)17-15(21-3)10-13(20)11-16(17)22-4/h10-11,14,18,20H,1,5-9H2,2-4H3/t14-/m1/s1. The molecular formula is C17H26N2O3. The lowest BCUT2D eigenvalue weighted by Crippen LogP contribution is -2.45. The Bertz CT molecular complexity index is 500. The topological polar surface area (TPSA) is 54.0 Å². The van der Waals surface area contributed by atoms with Crippen molar-refractivity contribution < 1.29 is 14.6 Å². The Labute approximate surface area is 132 Å². The molecule has 1 heterocycles. The van der Waals surface area contributed by atoms with Gasteiger partial charge in [-0.15, -0.1) is 6.58 Å². The van der Waals surface area contributed by atoms with E-state index in [9.17, 15) is 5.11 Å². The first-order valence-electron chi connectivity index (χ1n) is 7.60. The van der Waals surface area contributed by atoms with Gasteiger partial charge in [0.25, 0.3) is 0 Å². The molecule has 0 saturated carbocycles. The van der Waals surface area contributed by atoms with Crippen LogP contribution in [0, 0.1) is 0 Å². The van der Waals surface area contributed by atoms with Crippen molar-refractivity contribution in [3.05, 3.63) is 29.8 Å². The van der Waals surface area contributed by atoms with Gasteiger partial charge < -0.3 is 19.9 Å². The maximum absolute atomic E-state index is 9.85. The second kappa shape index (κ2) is 7.51. The molecule has 122 valence electrons. The highest BCUT2D eigenvalue weighted by atomic mass is 16.5. The van der Waals surface area contributed by atoms with E-state index in [-0.39, 0.29) is 11.8 Å². The highest BCUT2D eigenvalue weighted by molar-refractivity contribution is 5.52. The molecule has 1 atom stereocenters. The Morgan fingerprint density at radius 2 is 1.82 bits per heavy atom. The number of nitrogens with zero attached hydrogens (tertiary/aromatic N) is 1. The van der Waals surface area contributed by atoms with Crippen molar-refractivity contribution in [3.8, 4) is 17.2 Å². The minimum atomic E-state index is 0.130. The fourth-order valence-corrected chi connectivity index (χ4v) is 2.99. The molecule has 0 spiro atoms. The van der Waals surface area contributed by atoms with Gasteiger partial charge in [0.1, 0.15) is 17.2 Å². The largest absolute Gasteiger partial charge is 0.508 e. The van der Waals surface area contributed by atoms with Gasteiger partial charge in [0.2, 0.25) is 0 Å². The van der Waals surface area contributed by atoms with Crippen LogP contribution in [0.3, 0.4) is 0 Å². The molecule has 0 aromatic heterocycles. The Hall–Kier alpha value is -1.72. The number of hydrogen-bond acceptors (Lipinski definition) is 5. The van der Waals surface area contributed by atoms with Crippen LogP contribution in [0.15, 0.2) is 24.3 Å². The van der Waals surface area contributed by atoms with E-state index in [0.29, 0.717) is 11.5 Å². The van der Waals surface area contributed by atoms with Gasteiger partial charge in [-0.05, 0) is 13.3 Å². The average Bonchev–Trinajstić information content (AvgIpc) is 2.52. The molecular weight excluding hydrogens is 280 g/mol. The maximum Gasteiger partial charge on any atom is 0.131 e. The monoisotopic (exact) mass is 306 g/mol. The summed E-state index contributed by atoms with van der Waals surface area (Å²) in [6.45, 7) is 9.97. The maximum atomic E-state index is 9.85. The fourth-order valence-electron chi connectivity index (χ4n) is 2.99. The van der Waals surface area contributed by atoms with Crippen LogP contribution in [0.4, 0.5) is 0 Å². The van der Waals surface area contributed by atoms with Crippen LogP contribution in [0.1, 0.15) is 24.9 Å². The van der Waals surface area contributed by atoms with Gasteiger partial charge in [-0.2, -0.15) is 0 Å². The first-order chi connectivity index (χ1) is 10.6. The predicted octanol–water partition coefficient (Wildman–Crippen LogP) is 2.32. The summed E-state index contributed by atoms with van der Waals surface area (Å²) < 4.78 is 11.0.